The lowest BCUT2D eigenvalue weighted by atomic mass is 10.1. The molecule has 1 atom stereocenters. The van der Waals surface area contributed by atoms with E-state index in [1.807, 2.05) is 0 Å². The number of amides is 1. The van der Waals surface area contributed by atoms with Crippen LogP contribution < -0.4 is 10.0 Å². The molecule has 1 saturated heterocycles. The first kappa shape index (κ1) is 15.9. The first-order valence-corrected chi connectivity index (χ1v) is 8.42. The number of carboxylic acid groups (broad SMARTS) is 1. The Bertz CT molecular complexity index is 689. The Morgan fingerprint density at radius 2 is 2.14 bits per heavy atom. The molecule has 7 nitrogen and oxygen atoms in total. The summed E-state index contributed by atoms with van der Waals surface area (Å²) in [4.78, 5) is 22.4. The fraction of sp³-hybridized carbons (Fsp3) is 0.333. The van der Waals surface area contributed by atoms with Crippen molar-refractivity contribution < 1.29 is 23.1 Å². The Kier molecular flexibility index (Phi) is 4.64. The summed E-state index contributed by atoms with van der Waals surface area (Å²) in [6, 6.07) is 2.84. The molecule has 1 aromatic carbocycles. The van der Waals surface area contributed by atoms with E-state index < -0.39 is 22.0 Å². The molecular weight excluding hydrogens is 364 g/mol. The second kappa shape index (κ2) is 6.12. The number of carboxylic acids is 1. The SMILES string of the molecule is O=C(O)c1cc(S(=O)(=O)NC2CCCNC2=O)ccc1Br. The van der Waals surface area contributed by atoms with Crippen molar-refractivity contribution in [2.45, 2.75) is 23.8 Å². The highest BCUT2D eigenvalue weighted by molar-refractivity contribution is 9.10. The summed E-state index contributed by atoms with van der Waals surface area (Å²) >= 11 is 3.05. The lowest BCUT2D eigenvalue weighted by Gasteiger charge is -2.22. The Balaban J connectivity index is 2.29. The van der Waals surface area contributed by atoms with Gasteiger partial charge in [0.2, 0.25) is 15.9 Å². The lowest BCUT2D eigenvalue weighted by molar-refractivity contribution is -0.124. The fourth-order valence-corrected chi connectivity index (χ4v) is 3.65. The largest absolute Gasteiger partial charge is 0.478 e. The summed E-state index contributed by atoms with van der Waals surface area (Å²) in [6.45, 7) is 0.526. The second-order valence-corrected chi connectivity index (χ2v) is 7.12. The summed E-state index contributed by atoms with van der Waals surface area (Å²) in [6.07, 6.45) is 1.09. The number of hydrogen-bond donors (Lipinski definition) is 3. The molecule has 0 aliphatic carbocycles. The van der Waals surface area contributed by atoms with Gasteiger partial charge in [-0.05, 0) is 47.0 Å². The molecule has 0 spiro atoms. The Hall–Kier alpha value is -1.45. The van der Waals surface area contributed by atoms with E-state index in [2.05, 4.69) is 26.0 Å². The molecule has 2 rings (SSSR count). The predicted octanol–water partition coefficient (Wildman–Crippen LogP) is 0.704. The third-order valence-electron chi connectivity index (χ3n) is 3.06. The zero-order chi connectivity index (χ0) is 15.6. The van der Waals surface area contributed by atoms with Crippen LogP contribution in [0.5, 0.6) is 0 Å². The number of rotatable bonds is 4. The van der Waals surface area contributed by atoms with Crippen molar-refractivity contribution in [3.63, 3.8) is 0 Å². The number of sulfonamides is 1. The molecule has 1 heterocycles. The molecule has 0 aromatic heterocycles. The van der Waals surface area contributed by atoms with Crippen LogP contribution in [0.4, 0.5) is 0 Å². The molecule has 1 aromatic rings. The maximum absolute atomic E-state index is 12.2. The van der Waals surface area contributed by atoms with E-state index in [1.165, 1.54) is 12.1 Å². The highest BCUT2D eigenvalue weighted by Gasteiger charge is 2.28. The number of nitrogens with one attached hydrogen (secondary N) is 2. The van der Waals surface area contributed by atoms with Gasteiger partial charge in [-0.25, -0.2) is 13.2 Å². The average Bonchev–Trinajstić information content (AvgIpc) is 2.41. The summed E-state index contributed by atoms with van der Waals surface area (Å²) in [5.41, 5.74) is -0.161. The van der Waals surface area contributed by atoms with E-state index in [0.29, 0.717) is 19.4 Å². The van der Waals surface area contributed by atoms with Crippen molar-refractivity contribution >= 4 is 37.8 Å². The molecule has 0 radical (unpaired) electrons. The molecule has 1 aliphatic rings. The standard InChI is InChI=1S/C12H13BrN2O5S/c13-9-4-3-7(6-8(9)12(17)18)21(19,20)15-10-2-1-5-14-11(10)16/h3-4,6,10,15H,1-2,5H2,(H,14,16)(H,17,18). The topological polar surface area (TPSA) is 113 Å². The molecule has 0 bridgehead atoms. The molecule has 1 aliphatic heterocycles. The van der Waals surface area contributed by atoms with Crippen molar-refractivity contribution in [3.8, 4) is 0 Å². The van der Waals surface area contributed by atoms with Gasteiger partial charge in [-0.15, -0.1) is 0 Å². The van der Waals surface area contributed by atoms with Crippen molar-refractivity contribution in [1.82, 2.24) is 10.0 Å². The van der Waals surface area contributed by atoms with Crippen LogP contribution in [0.2, 0.25) is 0 Å². The van der Waals surface area contributed by atoms with Gasteiger partial charge in [-0.3, -0.25) is 4.79 Å². The lowest BCUT2D eigenvalue weighted by Crippen LogP contribution is -2.50. The normalized spacial score (nSPS) is 19.1. The number of halogens is 1. The number of carbonyl (C=O) groups is 2. The van der Waals surface area contributed by atoms with E-state index in [1.54, 1.807) is 0 Å². The second-order valence-electron chi connectivity index (χ2n) is 4.55. The van der Waals surface area contributed by atoms with Gasteiger partial charge in [0, 0.05) is 11.0 Å². The minimum atomic E-state index is -3.96. The van der Waals surface area contributed by atoms with Gasteiger partial charge in [0.05, 0.1) is 10.5 Å². The first-order valence-electron chi connectivity index (χ1n) is 6.14. The molecular formula is C12H13BrN2O5S. The van der Waals surface area contributed by atoms with Crippen LogP contribution in [-0.4, -0.2) is 38.0 Å². The zero-order valence-electron chi connectivity index (χ0n) is 10.8. The van der Waals surface area contributed by atoms with Crippen LogP contribution in [-0.2, 0) is 14.8 Å². The van der Waals surface area contributed by atoms with E-state index in [9.17, 15) is 18.0 Å². The number of piperidine rings is 1. The van der Waals surface area contributed by atoms with Crippen LogP contribution in [0.1, 0.15) is 23.2 Å². The van der Waals surface area contributed by atoms with Crippen molar-refractivity contribution in [1.29, 1.82) is 0 Å². The molecule has 0 saturated carbocycles. The highest BCUT2D eigenvalue weighted by atomic mass is 79.9. The van der Waals surface area contributed by atoms with Gasteiger partial charge < -0.3 is 10.4 Å². The Labute approximate surface area is 129 Å². The molecule has 1 fully saturated rings. The Morgan fingerprint density at radius 1 is 1.43 bits per heavy atom. The van der Waals surface area contributed by atoms with E-state index in [-0.39, 0.29) is 20.8 Å². The molecule has 114 valence electrons. The van der Waals surface area contributed by atoms with Crippen molar-refractivity contribution in [3.05, 3.63) is 28.2 Å². The van der Waals surface area contributed by atoms with Gasteiger partial charge in [0.1, 0.15) is 6.04 Å². The van der Waals surface area contributed by atoms with Crippen LogP contribution in [0.25, 0.3) is 0 Å². The van der Waals surface area contributed by atoms with Gasteiger partial charge in [-0.1, -0.05) is 0 Å². The molecule has 3 N–H and O–H groups in total. The van der Waals surface area contributed by atoms with Crippen LogP contribution in [0.15, 0.2) is 27.6 Å². The third-order valence-corrected chi connectivity index (χ3v) is 5.22. The quantitative estimate of drug-likeness (QED) is 0.715. The van der Waals surface area contributed by atoms with Crippen LogP contribution >= 0.6 is 15.9 Å². The number of hydrogen-bond acceptors (Lipinski definition) is 4. The van der Waals surface area contributed by atoms with Gasteiger partial charge >= 0.3 is 5.97 Å². The minimum Gasteiger partial charge on any atom is -0.478 e. The predicted molar refractivity (Wildman–Crippen MR) is 77.5 cm³/mol. The molecule has 9 heteroatoms. The zero-order valence-corrected chi connectivity index (χ0v) is 13.2. The molecule has 21 heavy (non-hydrogen) atoms. The maximum atomic E-state index is 12.2. The van der Waals surface area contributed by atoms with Gasteiger partial charge in [0.25, 0.3) is 0 Å². The summed E-state index contributed by atoms with van der Waals surface area (Å²) in [7, 11) is -3.96. The summed E-state index contributed by atoms with van der Waals surface area (Å²) in [5, 5.41) is 11.6. The highest BCUT2D eigenvalue weighted by Crippen LogP contribution is 2.21. The van der Waals surface area contributed by atoms with Gasteiger partial charge in [0.15, 0.2) is 0 Å². The van der Waals surface area contributed by atoms with E-state index in [4.69, 9.17) is 5.11 Å². The van der Waals surface area contributed by atoms with Crippen LogP contribution in [0.3, 0.4) is 0 Å². The van der Waals surface area contributed by atoms with Crippen molar-refractivity contribution in [2.24, 2.45) is 0 Å². The summed E-state index contributed by atoms with van der Waals surface area (Å²) in [5.74, 6) is -1.62. The number of carbonyl (C=O) groups excluding carboxylic acids is 1. The number of aromatic carboxylic acids is 1. The smallest absolute Gasteiger partial charge is 0.336 e. The number of benzene rings is 1. The van der Waals surface area contributed by atoms with E-state index in [0.717, 1.165) is 6.07 Å². The van der Waals surface area contributed by atoms with Crippen molar-refractivity contribution in [2.75, 3.05) is 6.54 Å². The third kappa shape index (κ3) is 3.60. The maximum Gasteiger partial charge on any atom is 0.336 e. The Morgan fingerprint density at radius 3 is 2.76 bits per heavy atom. The average molecular weight is 377 g/mol. The monoisotopic (exact) mass is 376 g/mol. The first-order chi connectivity index (χ1) is 9.81. The van der Waals surface area contributed by atoms with Crippen LogP contribution in [0, 0.1) is 0 Å². The molecule has 1 unspecified atom stereocenters. The molecule has 1 amide bonds. The van der Waals surface area contributed by atoms with E-state index >= 15 is 0 Å². The fourth-order valence-electron chi connectivity index (χ4n) is 1.98. The van der Waals surface area contributed by atoms with Gasteiger partial charge in [-0.2, -0.15) is 4.72 Å². The summed E-state index contributed by atoms with van der Waals surface area (Å²) < 4.78 is 27.0. The minimum absolute atomic E-state index is 0.161.